The lowest BCUT2D eigenvalue weighted by atomic mass is 10.1. The number of pyridine rings is 3. The third-order valence-corrected chi connectivity index (χ3v) is 3.25. The first-order valence-corrected chi connectivity index (χ1v) is 7.06. The molecule has 0 aromatic carbocycles. The fourth-order valence-corrected chi connectivity index (χ4v) is 2.20. The zero-order valence-corrected chi connectivity index (χ0v) is 12.2. The summed E-state index contributed by atoms with van der Waals surface area (Å²) in [5.74, 6) is -0.0455. The van der Waals surface area contributed by atoms with Gasteiger partial charge in [0, 0.05) is 17.6 Å². The van der Waals surface area contributed by atoms with Crippen LogP contribution in [-0.2, 0) is 6.42 Å². The summed E-state index contributed by atoms with van der Waals surface area (Å²) in [6, 6.07) is 16.7. The van der Waals surface area contributed by atoms with Crippen LogP contribution >= 0.6 is 0 Å². The van der Waals surface area contributed by atoms with E-state index in [0.29, 0.717) is 11.4 Å². The van der Waals surface area contributed by atoms with Gasteiger partial charge in [-0.3, -0.25) is 14.8 Å². The molecule has 3 heterocycles. The van der Waals surface area contributed by atoms with Crippen molar-refractivity contribution < 1.29 is 4.79 Å². The number of carbonyl (C=O) groups is 1. The van der Waals surface area contributed by atoms with Crippen LogP contribution < -0.4 is 0 Å². The first-order chi connectivity index (χ1) is 10.7. The van der Waals surface area contributed by atoms with Crippen molar-refractivity contribution >= 4 is 5.78 Å². The van der Waals surface area contributed by atoms with Gasteiger partial charge in [-0.1, -0.05) is 18.2 Å². The van der Waals surface area contributed by atoms with Crippen LogP contribution in [0.25, 0.3) is 11.4 Å². The minimum absolute atomic E-state index is 0.0455. The molecule has 0 bridgehead atoms. The van der Waals surface area contributed by atoms with Crippen molar-refractivity contribution in [1.82, 2.24) is 15.0 Å². The molecule has 0 aliphatic carbocycles. The maximum Gasteiger partial charge on any atom is 0.187 e. The molecule has 0 N–H and O–H groups in total. The molecule has 0 aliphatic rings. The predicted octanol–water partition coefficient (Wildman–Crippen LogP) is 3.27. The molecule has 108 valence electrons. The summed E-state index contributed by atoms with van der Waals surface area (Å²) in [5.41, 5.74) is 3.55. The number of ketones is 1. The molecule has 0 unspecified atom stereocenters. The Hall–Kier alpha value is -2.88. The van der Waals surface area contributed by atoms with Crippen molar-refractivity contribution in [2.45, 2.75) is 13.3 Å². The molecule has 3 rings (SSSR count). The van der Waals surface area contributed by atoms with Gasteiger partial charge in [0.2, 0.25) is 0 Å². The van der Waals surface area contributed by atoms with E-state index in [0.717, 1.165) is 17.1 Å². The van der Waals surface area contributed by atoms with Crippen LogP contribution in [0.15, 0.2) is 60.8 Å². The van der Waals surface area contributed by atoms with Gasteiger partial charge in [-0.05, 0) is 43.3 Å². The molecule has 4 nitrogen and oxygen atoms in total. The Bertz CT molecular complexity index is 800. The highest BCUT2D eigenvalue weighted by molar-refractivity contribution is 5.95. The second-order valence-electron chi connectivity index (χ2n) is 4.99. The molecule has 4 heteroatoms. The summed E-state index contributed by atoms with van der Waals surface area (Å²) < 4.78 is 0. The molecule has 0 saturated heterocycles. The van der Waals surface area contributed by atoms with Crippen molar-refractivity contribution in [1.29, 1.82) is 0 Å². The van der Waals surface area contributed by atoms with E-state index < -0.39 is 0 Å². The number of hydrogen-bond acceptors (Lipinski definition) is 4. The van der Waals surface area contributed by atoms with Gasteiger partial charge < -0.3 is 0 Å². The SMILES string of the molecule is Cc1cccc(CC(=O)c2cccc(-c3ccccn3)n2)n1. The molecule has 3 aromatic heterocycles. The van der Waals surface area contributed by atoms with Gasteiger partial charge in [0.05, 0.1) is 17.8 Å². The highest BCUT2D eigenvalue weighted by Crippen LogP contribution is 2.14. The fraction of sp³-hybridized carbons (Fsp3) is 0.111. The molecule has 0 amide bonds. The second kappa shape index (κ2) is 6.26. The largest absolute Gasteiger partial charge is 0.292 e. The van der Waals surface area contributed by atoms with Crippen LogP contribution in [-0.4, -0.2) is 20.7 Å². The van der Waals surface area contributed by atoms with Crippen LogP contribution in [0.1, 0.15) is 21.9 Å². The Labute approximate surface area is 128 Å². The molecule has 0 saturated carbocycles. The van der Waals surface area contributed by atoms with Gasteiger partial charge in [0.1, 0.15) is 5.69 Å². The summed E-state index contributed by atoms with van der Waals surface area (Å²) in [5, 5.41) is 0. The molecular formula is C18H15N3O. The van der Waals surface area contributed by atoms with Gasteiger partial charge in [0.25, 0.3) is 0 Å². The third kappa shape index (κ3) is 3.23. The Morgan fingerprint density at radius 1 is 0.909 bits per heavy atom. The molecule has 0 spiro atoms. The molecule has 0 aliphatic heterocycles. The van der Waals surface area contributed by atoms with Gasteiger partial charge in [0.15, 0.2) is 5.78 Å². The van der Waals surface area contributed by atoms with Crippen molar-refractivity contribution in [3.8, 4) is 11.4 Å². The van der Waals surface area contributed by atoms with Crippen LogP contribution in [0.2, 0.25) is 0 Å². The summed E-state index contributed by atoms with van der Waals surface area (Å²) in [6.45, 7) is 1.91. The highest BCUT2D eigenvalue weighted by atomic mass is 16.1. The van der Waals surface area contributed by atoms with Crippen LogP contribution in [0.4, 0.5) is 0 Å². The summed E-state index contributed by atoms with van der Waals surface area (Å²) in [6.07, 6.45) is 1.96. The number of hydrogen-bond donors (Lipinski definition) is 0. The number of Topliss-reactive ketones (excluding diaryl/α,β-unsaturated/α-hetero) is 1. The lowest BCUT2D eigenvalue weighted by Crippen LogP contribution is -2.08. The van der Waals surface area contributed by atoms with E-state index in [2.05, 4.69) is 15.0 Å². The van der Waals surface area contributed by atoms with E-state index in [1.807, 2.05) is 55.5 Å². The average molecular weight is 289 g/mol. The smallest absolute Gasteiger partial charge is 0.187 e. The topological polar surface area (TPSA) is 55.7 Å². The van der Waals surface area contributed by atoms with E-state index in [9.17, 15) is 4.79 Å². The van der Waals surface area contributed by atoms with Crippen molar-refractivity contribution in [2.24, 2.45) is 0 Å². The summed E-state index contributed by atoms with van der Waals surface area (Å²) >= 11 is 0. The van der Waals surface area contributed by atoms with E-state index in [1.165, 1.54) is 0 Å². The zero-order valence-electron chi connectivity index (χ0n) is 12.2. The Morgan fingerprint density at radius 2 is 1.73 bits per heavy atom. The van der Waals surface area contributed by atoms with Crippen molar-refractivity contribution in [3.05, 3.63) is 77.9 Å². The van der Waals surface area contributed by atoms with Crippen LogP contribution in [0.3, 0.4) is 0 Å². The maximum absolute atomic E-state index is 12.4. The molecule has 22 heavy (non-hydrogen) atoms. The van der Waals surface area contributed by atoms with Crippen LogP contribution in [0.5, 0.6) is 0 Å². The number of nitrogens with zero attached hydrogens (tertiary/aromatic N) is 3. The number of carbonyl (C=O) groups excluding carboxylic acids is 1. The van der Waals surface area contributed by atoms with Crippen LogP contribution in [0, 0.1) is 6.92 Å². The van der Waals surface area contributed by atoms with E-state index >= 15 is 0 Å². The molecule has 0 atom stereocenters. The monoisotopic (exact) mass is 289 g/mol. The Kier molecular flexibility index (Phi) is 4.01. The number of aromatic nitrogens is 3. The lowest BCUT2D eigenvalue weighted by molar-refractivity contribution is 0.0987. The Balaban J connectivity index is 1.84. The first kappa shape index (κ1) is 14.1. The quantitative estimate of drug-likeness (QED) is 0.692. The number of rotatable bonds is 4. The standard InChI is InChI=1S/C18H15N3O/c1-13-6-4-7-14(20-13)12-18(22)17-10-5-9-16(21-17)15-8-2-3-11-19-15/h2-11H,12H2,1H3. The minimum Gasteiger partial charge on any atom is -0.292 e. The third-order valence-electron chi connectivity index (χ3n) is 3.25. The molecule has 0 fully saturated rings. The molecule has 0 radical (unpaired) electrons. The highest BCUT2D eigenvalue weighted by Gasteiger charge is 2.11. The van der Waals surface area contributed by atoms with E-state index in [-0.39, 0.29) is 12.2 Å². The van der Waals surface area contributed by atoms with Gasteiger partial charge >= 0.3 is 0 Å². The first-order valence-electron chi connectivity index (χ1n) is 7.06. The molecule has 3 aromatic rings. The second-order valence-corrected chi connectivity index (χ2v) is 4.99. The number of aryl methyl sites for hydroxylation is 1. The minimum atomic E-state index is -0.0455. The predicted molar refractivity (Wildman–Crippen MR) is 84.5 cm³/mol. The normalized spacial score (nSPS) is 10.4. The average Bonchev–Trinajstić information content (AvgIpc) is 2.56. The van der Waals surface area contributed by atoms with Gasteiger partial charge in [-0.15, -0.1) is 0 Å². The van der Waals surface area contributed by atoms with Crippen molar-refractivity contribution in [3.63, 3.8) is 0 Å². The molecular weight excluding hydrogens is 274 g/mol. The summed E-state index contributed by atoms with van der Waals surface area (Å²) in [4.78, 5) is 25.4. The fourth-order valence-electron chi connectivity index (χ4n) is 2.20. The zero-order chi connectivity index (χ0) is 15.4. The Morgan fingerprint density at radius 3 is 2.50 bits per heavy atom. The maximum atomic E-state index is 12.4. The lowest BCUT2D eigenvalue weighted by Gasteiger charge is -2.04. The van der Waals surface area contributed by atoms with E-state index in [1.54, 1.807) is 12.3 Å². The summed E-state index contributed by atoms with van der Waals surface area (Å²) in [7, 11) is 0. The van der Waals surface area contributed by atoms with E-state index in [4.69, 9.17) is 0 Å². The van der Waals surface area contributed by atoms with Crippen molar-refractivity contribution in [2.75, 3.05) is 0 Å². The van der Waals surface area contributed by atoms with Gasteiger partial charge in [-0.2, -0.15) is 0 Å². The van der Waals surface area contributed by atoms with Gasteiger partial charge in [-0.25, -0.2) is 4.98 Å².